The lowest BCUT2D eigenvalue weighted by molar-refractivity contribution is -0.116. The number of rotatable bonds is 3. The molecule has 4 nitrogen and oxygen atoms in total. The molecule has 0 spiro atoms. The number of carbonyl (C=O) groups excluding carboxylic acids is 1. The molecule has 0 bridgehead atoms. The van der Waals surface area contributed by atoms with Crippen molar-refractivity contribution in [3.63, 3.8) is 0 Å². The molecule has 1 unspecified atom stereocenters. The third-order valence-corrected chi connectivity index (χ3v) is 1.82. The van der Waals surface area contributed by atoms with Crippen molar-refractivity contribution in [2.24, 2.45) is 5.73 Å². The van der Waals surface area contributed by atoms with Gasteiger partial charge in [-0.1, -0.05) is 0 Å². The Kier molecular flexibility index (Phi) is 3.59. The van der Waals surface area contributed by atoms with Crippen molar-refractivity contribution in [1.29, 1.82) is 0 Å². The Morgan fingerprint density at radius 3 is 3.00 bits per heavy atom. The van der Waals surface area contributed by atoms with Crippen molar-refractivity contribution in [2.75, 3.05) is 5.32 Å². The summed E-state index contributed by atoms with van der Waals surface area (Å²) in [6.45, 7) is 3.72. The van der Waals surface area contributed by atoms with Crippen LogP contribution in [-0.4, -0.2) is 16.9 Å². The second-order valence-corrected chi connectivity index (χ2v) is 3.42. The van der Waals surface area contributed by atoms with Crippen LogP contribution < -0.4 is 11.1 Å². The molecule has 76 valence electrons. The summed E-state index contributed by atoms with van der Waals surface area (Å²) in [7, 11) is 0. The Morgan fingerprint density at radius 1 is 1.71 bits per heavy atom. The zero-order chi connectivity index (χ0) is 10.6. The van der Waals surface area contributed by atoms with Crippen LogP contribution in [0.4, 0.5) is 5.69 Å². The van der Waals surface area contributed by atoms with Gasteiger partial charge in [-0.25, -0.2) is 0 Å². The zero-order valence-corrected chi connectivity index (χ0v) is 8.45. The van der Waals surface area contributed by atoms with E-state index in [-0.39, 0.29) is 11.9 Å². The summed E-state index contributed by atoms with van der Waals surface area (Å²) in [6, 6.07) is 1.73. The van der Waals surface area contributed by atoms with Crippen LogP contribution >= 0.6 is 0 Å². The van der Waals surface area contributed by atoms with Crippen LogP contribution in [0.25, 0.3) is 0 Å². The number of nitrogens with two attached hydrogens (primary N) is 1. The van der Waals surface area contributed by atoms with Gasteiger partial charge >= 0.3 is 0 Å². The molecule has 1 aromatic heterocycles. The predicted octanol–water partition coefficient (Wildman–Crippen LogP) is 1.07. The second kappa shape index (κ2) is 4.72. The van der Waals surface area contributed by atoms with E-state index in [0.29, 0.717) is 6.42 Å². The lowest BCUT2D eigenvalue weighted by Gasteiger charge is -2.08. The minimum atomic E-state index is -0.119. The Bertz CT molecular complexity index is 323. The van der Waals surface area contributed by atoms with Crippen molar-refractivity contribution >= 4 is 11.6 Å². The van der Waals surface area contributed by atoms with Gasteiger partial charge < -0.3 is 11.1 Å². The summed E-state index contributed by atoms with van der Waals surface area (Å²) in [6.07, 6.45) is 3.65. The van der Waals surface area contributed by atoms with E-state index in [2.05, 4.69) is 10.3 Å². The van der Waals surface area contributed by atoms with Gasteiger partial charge in [0.1, 0.15) is 0 Å². The molecule has 0 saturated carbocycles. The molecule has 0 aliphatic heterocycles. The van der Waals surface area contributed by atoms with Crippen LogP contribution in [0, 0.1) is 6.92 Å². The molecule has 0 fully saturated rings. The highest BCUT2D eigenvalue weighted by atomic mass is 16.1. The van der Waals surface area contributed by atoms with Gasteiger partial charge in [-0.3, -0.25) is 9.78 Å². The Balaban J connectivity index is 2.61. The Hall–Kier alpha value is -1.42. The highest BCUT2D eigenvalue weighted by molar-refractivity contribution is 5.91. The normalized spacial score (nSPS) is 12.2. The topological polar surface area (TPSA) is 68.0 Å². The Labute approximate surface area is 83.5 Å². The highest BCUT2D eigenvalue weighted by Crippen LogP contribution is 2.11. The number of aryl methyl sites for hydroxylation is 1. The van der Waals surface area contributed by atoms with Crippen LogP contribution in [0.5, 0.6) is 0 Å². The van der Waals surface area contributed by atoms with Gasteiger partial charge in [0.05, 0.1) is 11.9 Å². The van der Waals surface area contributed by atoms with Gasteiger partial charge in [0.2, 0.25) is 5.91 Å². The molecule has 3 N–H and O–H groups in total. The van der Waals surface area contributed by atoms with Crippen LogP contribution in [0.15, 0.2) is 18.5 Å². The molecule has 1 atom stereocenters. The SMILES string of the molecule is Cc1ccncc1NC(=O)CC(C)N. The van der Waals surface area contributed by atoms with Gasteiger partial charge in [0.15, 0.2) is 0 Å². The third kappa shape index (κ3) is 3.14. The minimum Gasteiger partial charge on any atom is -0.327 e. The van der Waals surface area contributed by atoms with E-state index in [0.717, 1.165) is 11.3 Å². The average Bonchev–Trinajstić information content (AvgIpc) is 2.07. The standard InChI is InChI=1S/C10H15N3O/c1-7-3-4-12-6-9(7)13-10(14)5-8(2)11/h3-4,6,8H,5,11H2,1-2H3,(H,13,14). The van der Waals surface area contributed by atoms with Crippen LogP contribution in [0.2, 0.25) is 0 Å². The smallest absolute Gasteiger partial charge is 0.225 e. The molecular formula is C10H15N3O. The molecule has 0 aliphatic carbocycles. The molecule has 1 amide bonds. The number of aromatic nitrogens is 1. The van der Waals surface area contributed by atoms with E-state index in [4.69, 9.17) is 5.73 Å². The molecule has 1 rings (SSSR count). The summed E-state index contributed by atoms with van der Waals surface area (Å²) < 4.78 is 0. The average molecular weight is 193 g/mol. The van der Waals surface area contributed by atoms with E-state index in [1.807, 2.05) is 13.0 Å². The molecule has 0 aliphatic rings. The number of anilines is 1. The zero-order valence-electron chi connectivity index (χ0n) is 8.45. The summed E-state index contributed by atoms with van der Waals surface area (Å²) >= 11 is 0. The summed E-state index contributed by atoms with van der Waals surface area (Å²) in [5, 5.41) is 2.76. The third-order valence-electron chi connectivity index (χ3n) is 1.82. The summed E-state index contributed by atoms with van der Waals surface area (Å²) in [5.74, 6) is -0.0731. The lowest BCUT2D eigenvalue weighted by Crippen LogP contribution is -2.24. The maximum atomic E-state index is 11.4. The molecule has 0 aromatic carbocycles. The maximum absolute atomic E-state index is 11.4. The van der Waals surface area contributed by atoms with E-state index >= 15 is 0 Å². The molecule has 1 aromatic rings. The van der Waals surface area contributed by atoms with Gasteiger partial charge in [0.25, 0.3) is 0 Å². The number of carbonyl (C=O) groups is 1. The monoisotopic (exact) mass is 193 g/mol. The minimum absolute atomic E-state index is 0.0731. The van der Waals surface area contributed by atoms with Gasteiger partial charge in [0, 0.05) is 18.7 Å². The highest BCUT2D eigenvalue weighted by Gasteiger charge is 2.06. The first kappa shape index (κ1) is 10.7. The number of hydrogen-bond donors (Lipinski definition) is 2. The van der Waals surface area contributed by atoms with Crippen molar-refractivity contribution in [3.8, 4) is 0 Å². The fourth-order valence-electron chi connectivity index (χ4n) is 1.09. The molecule has 4 heteroatoms. The second-order valence-electron chi connectivity index (χ2n) is 3.42. The first-order valence-corrected chi connectivity index (χ1v) is 4.55. The Morgan fingerprint density at radius 2 is 2.43 bits per heavy atom. The van der Waals surface area contributed by atoms with Crippen molar-refractivity contribution in [1.82, 2.24) is 4.98 Å². The fourth-order valence-corrected chi connectivity index (χ4v) is 1.09. The van der Waals surface area contributed by atoms with Crippen molar-refractivity contribution in [3.05, 3.63) is 24.0 Å². The van der Waals surface area contributed by atoms with E-state index in [1.165, 1.54) is 0 Å². The van der Waals surface area contributed by atoms with Gasteiger partial charge in [-0.2, -0.15) is 0 Å². The first-order chi connectivity index (χ1) is 6.59. The summed E-state index contributed by atoms with van der Waals surface area (Å²) in [5.41, 5.74) is 7.26. The van der Waals surface area contributed by atoms with Gasteiger partial charge in [-0.15, -0.1) is 0 Å². The number of hydrogen-bond acceptors (Lipinski definition) is 3. The van der Waals surface area contributed by atoms with Crippen LogP contribution in [0.3, 0.4) is 0 Å². The van der Waals surface area contributed by atoms with E-state index in [1.54, 1.807) is 19.3 Å². The lowest BCUT2D eigenvalue weighted by atomic mass is 10.2. The molecule has 0 radical (unpaired) electrons. The number of nitrogens with one attached hydrogen (secondary N) is 1. The maximum Gasteiger partial charge on any atom is 0.225 e. The fraction of sp³-hybridized carbons (Fsp3) is 0.400. The largest absolute Gasteiger partial charge is 0.327 e. The summed E-state index contributed by atoms with van der Waals surface area (Å²) in [4.78, 5) is 15.3. The number of amides is 1. The first-order valence-electron chi connectivity index (χ1n) is 4.55. The van der Waals surface area contributed by atoms with E-state index < -0.39 is 0 Å². The number of nitrogens with zero attached hydrogens (tertiary/aromatic N) is 1. The van der Waals surface area contributed by atoms with Crippen molar-refractivity contribution in [2.45, 2.75) is 26.3 Å². The molecule has 0 saturated heterocycles. The number of pyridine rings is 1. The molecular weight excluding hydrogens is 178 g/mol. The van der Waals surface area contributed by atoms with Crippen LogP contribution in [0.1, 0.15) is 18.9 Å². The molecule has 14 heavy (non-hydrogen) atoms. The molecule has 1 heterocycles. The predicted molar refractivity (Wildman–Crippen MR) is 55.9 cm³/mol. The van der Waals surface area contributed by atoms with Crippen LogP contribution in [-0.2, 0) is 4.79 Å². The van der Waals surface area contributed by atoms with Gasteiger partial charge in [-0.05, 0) is 25.5 Å². The van der Waals surface area contributed by atoms with Crippen molar-refractivity contribution < 1.29 is 4.79 Å². The van der Waals surface area contributed by atoms with E-state index in [9.17, 15) is 4.79 Å². The quantitative estimate of drug-likeness (QED) is 0.754.